The van der Waals surface area contributed by atoms with Crippen LogP contribution in [0.3, 0.4) is 0 Å². The zero-order valence-corrected chi connectivity index (χ0v) is 7.69. The molecule has 0 fully saturated rings. The SMILES string of the molecule is NCc1ccc(Cl)c(OC(F)(F)F)c1. The number of halogens is 4. The Hall–Kier alpha value is -0.940. The summed E-state index contributed by atoms with van der Waals surface area (Å²) in [5.74, 6) is -0.429. The van der Waals surface area contributed by atoms with Gasteiger partial charge in [0, 0.05) is 6.54 Å². The molecule has 1 aromatic rings. The van der Waals surface area contributed by atoms with Crippen LogP contribution in [0.15, 0.2) is 18.2 Å². The van der Waals surface area contributed by atoms with E-state index in [9.17, 15) is 13.2 Å². The van der Waals surface area contributed by atoms with Crippen LogP contribution in [0.2, 0.25) is 5.02 Å². The average Bonchev–Trinajstić information content (AvgIpc) is 2.06. The van der Waals surface area contributed by atoms with Crippen LogP contribution in [0.4, 0.5) is 13.2 Å². The Kier molecular flexibility index (Phi) is 3.23. The molecule has 14 heavy (non-hydrogen) atoms. The van der Waals surface area contributed by atoms with Crippen LogP contribution in [-0.4, -0.2) is 6.36 Å². The summed E-state index contributed by atoms with van der Waals surface area (Å²) >= 11 is 5.49. The van der Waals surface area contributed by atoms with Crippen LogP contribution in [0.5, 0.6) is 5.75 Å². The van der Waals surface area contributed by atoms with E-state index in [-0.39, 0.29) is 11.6 Å². The maximum Gasteiger partial charge on any atom is 0.573 e. The molecule has 0 spiro atoms. The van der Waals surface area contributed by atoms with Crippen LogP contribution in [0.1, 0.15) is 5.56 Å². The first-order valence-electron chi connectivity index (χ1n) is 3.66. The van der Waals surface area contributed by atoms with Crippen LogP contribution >= 0.6 is 11.6 Å². The number of hydrogen-bond acceptors (Lipinski definition) is 2. The lowest BCUT2D eigenvalue weighted by Crippen LogP contribution is -2.17. The van der Waals surface area contributed by atoms with Crippen molar-refractivity contribution in [3.8, 4) is 5.75 Å². The molecular weight excluding hydrogens is 219 g/mol. The Labute approximate surface area is 83.4 Å². The molecule has 0 atom stereocenters. The van der Waals surface area contributed by atoms with Crippen molar-refractivity contribution in [3.05, 3.63) is 28.8 Å². The van der Waals surface area contributed by atoms with Gasteiger partial charge in [-0.25, -0.2) is 0 Å². The molecule has 0 bridgehead atoms. The summed E-state index contributed by atoms with van der Waals surface area (Å²) in [6.45, 7) is 0.130. The van der Waals surface area contributed by atoms with E-state index in [1.165, 1.54) is 12.1 Å². The monoisotopic (exact) mass is 225 g/mol. The zero-order valence-electron chi connectivity index (χ0n) is 6.94. The van der Waals surface area contributed by atoms with Crippen molar-refractivity contribution in [2.45, 2.75) is 12.9 Å². The van der Waals surface area contributed by atoms with E-state index in [0.717, 1.165) is 6.07 Å². The summed E-state index contributed by atoms with van der Waals surface area (Å²) in [5, 5.41) is -0.0977. The molecule has 0 saturated carbocycles. The highest BCUT2D eigenvalue weighted by Gasteiger charge is 2.32. The highest BCUT2D eigenvalue weighted by atomic mass is 35.5. The number of ether oxygens (including phenoxy) is 1. The molecule has 0 amide bonds. The summed E-state index contributed by atoms with van der Waals surface area (Å²) in [6.07, 6.45) is -4.74. The van der Waals surface area contributed by atoms with Gasteiger partial charge in [0.2, 0.25) is 0 Å². The van der Waals surface area contributed by atoms with Crippen LogP contribution in [-0.2, 0) is 6.54 Å². The lowest BCUT2D eigenvalue weighted by atomic mass is 10.2. The summed E-state index contributed by atoms with van der Waals surface area (Å²) in [4.78, 5) is 0. The lowest BCUT2D eigenvalue weighted by molar-refractivity contribution is -0.274. The lowest BCUT2D eigenvalue weighted by Gasteiger charge is -2.11. The summed E-state index contributed by atoms with van der Waals surface area (Å²) in [6, 6.07) is 4.01. The minimum atomic E-state index is -4.74. The van der Waals surface area contributed by atoms with E-state index in [1.807, 2.05) is 0 Å². The summed E-state index contributed by atoms with van der Waals surface area (Å²) in [7, 11) is 0. The van der Waals surface area contributed by atoms with Crippen molar-refractivity contribution in [2.24, 2.45) is 5.73 Å². The molecular formula is C8H7ClF3NO. The number of rotatable bonds is 2. The van der Waals surface area contributed by atoms with Gasteiger partial charge in [0.15, 0.2) is 0 Å². The predicted octanol–water partition coefficient (Wildman–Crippen LogP) is 2.70. The first kappa shape index (κ1) is 11.1. The highest BCUT2D eigenvalue weighted by Crippen LogP contribution is 2.30. The fraction of sp³-hybridized carbons (Fsp3) is 0.250. The molecule has 2 N–H and O–H groups in total. The normalized spacial score (nSPS) is 11.5. The number of alkyl halides is 3. The quantitative estimate of drug-likeness (QED) is 0.840. The Morgan fingerprint density at radius 1 is 1.36 bits per heavy atom. The van der Waals surface area contributed by atoms with E-state index in [4.69, 9.17) is 17.3 Å². The smallest absolute Gasteiger partial charge is 0.404 e. The first-order valence-corrected chi connectivity index (χ1v) is 4.04. The van der Waals surface area contributed by atoms with Crippen LogP contribution in [0.25, 0.3) is 0 Å². The molecule has 0 aliphatic heterocycles. The van der Waals surface area contributed by atoms with E-state index in [0.29, 0.717) is 5.56 Å². The standard InChI is InChI=1S/C8H7ClF3NO/c9-6-2-1-5(4-13)3-7(6)14-8(10,11)12/h1-3H,4,13H2. The fourth-order valence-corrected chi connectivity index (χ4v) is 1.03. The Balaban J connectivity index is 2.95. The van der Waals surface area contributed by atoms with E-state index in [1.54, 1.807) is 0 Å². The van der Waals surface area contributed by atoms with Gasteiger partial charge in [-0.15, -0.1) is 13.2 Å². The second-order valence-electron chi connectivity index (χ2n) is 2.52. The Morgan fingerprint density at radius 2 is 2.00 bits per heavy atom. The van der Waals surface area contributed by atoms with Crippen molar-refractivity contribution < 1.29 is 17.9 Å². The van der Waals surface area contributed by atoms with Crippen LogP contribution in [0, 0.1) is 0 Å². The molecule has 0 aromatic heterocycles. The van der Waals surface area contributed by atoms with Gasteiger partial charge in [-0.2, -0.15) is 0 Å². The number of benzene rings is 1. The Bertz CT molecular complexity index is 327. The third-order valence-electron chi connectivity index (χ3n) is 1.46. The fourth-order valence-electron chi connectivity index (χ4n) is 0.878. The second kappa shape index (κ2) is 4.06. The van der Waals surface area contributed by atoms with Gasteiger partial charge in [-0.3, -0.25) is 0 Å². The molecule has 1 aromatic carbocycles. The van der Waals surface area contributed by atoms with Crippen LogP contribution < -0.4 is 10.5 Å². The maximum absolute atomic E-state index is 11.8. The zero-order chi connectivity index (χ0) is 10.8. The minimum absolute atomic E-state index is 0.0977. The topological polar surface area (TPSA) is 35.2 Å². The van der Waals surface area contributed by atoms with Gasteiger partial charge < -0.3 is 10.5 Å². The first-order chi connectivity index (χ1) is 6.42. The molecule has 0 saturated heterocycles. The highest BCUT2D eigenvalue weighted by molar-refractivity contribution is 6.32. The van der Waals surface area contributed by atoms with Gasteiger partial charge in [0.25, 0.3) is 0 Å². The summed E-state index contributed by atoms with van der Waals surface area (Å²) < 4.78 is 39.2. The molecule has 78 valence electrons. The van der Waals surface area contributed by atoms with Gasteiger partial charge in [-0.1, -0.05) is 17.7 Å². The largest absolute Gasteiger partial charge is 0.573 e. The second-order valence-corrected chi connectivity index (χ2v) is 2.92. The Morgan fingerprint density at radius 3 is 2.50 bits per heavy atom. The van der Waals surface area contributed by atoms with E-state index < -0.39 is 12.1 Å². The van der Waals surface area contributed by atoms with Gasteiger partial charge in [-0.05, 0) is 17.7 Å². The average molecular weight is 226 g/mol. The van der Waals surface area contributed by atoms with Gasteiger partial charge in [0.05, 0.1) is 5.02 Å². The molecule has 1 rings (SSSR count). The molecule has 0 aliphatic carbocycles. The van der Waals surface area contributed by atoms with E-state index >= 15 is 0 Å². The third kappa shape index (κ3) is 3.08. The van der Waals surface area contributed by atoms with Gasteiger partial charge >= 0.3 is 6.36 Å². The van der Waals surface area contributed by atoms with Crippen molar-refractivity contribution in [1.29, 1.82) is 0 Å². The van der Waals surface area contributed by atoms with E-state index in [2.05, 4.69) is 4.74 Å². The molecule has 0 heterocycles. The third-order valence-corrected chi connectivity index (χ3v) is 1.77. The maximum atomic E-state index is 11.8. The number of hydrogen-bond donors (Lipinski definition) is 1. The van der Waals surface area contributed by atoms with Crippen molar-refractivity contribution in [2.75, 3.05) is 0 Å². The van der Waals surface area contributed by atoms with Crippen molar-refractivity contribution >= 4 is 11.6 Å². The van der Waals surface area contributed by atoms with Crippen molar-refractivity contribution in [3.63, 3.8) is 0 Å². The minimum Gasteiger partial charge on any atom is -0.404 e. The molecule has 2 nitrogen and oxygen atoms in total. The molecule has 0 aliphatic rings. The molecule has 0 radical (unpaired) electrons. The number of nitrogens with two attached hydrogens (primary N) is 1. The van der Waals surface area contributed by atoms with Gasteiger partial charge in [0.1, 0.15) is 5.75 Å². The van der Waals surface area contributed by atoms with Crippen molar-refractivity contribution in [1.82, 2.24) is 0 Å². The molecule has 6 heteroatoms. The molecule has 0 unspecified atom stereocenters. The summed E-state index contributed by atoms with van der Waals surface area (Å²) in [5.41, 5.74) is 5.77. The predicted molar refractivity (Wildman–Crippen MR) is 46.0 cm³/mol.